The number of halogens is 1. The number of hydrogen-bond donors (Lipinski definition) is 3. The average Bonchev–Trinajstić information content (AvgIpc) is 2.37. The topological polar surface area (TPSA) is 136 Å². The minimum absolute atomic E-state index is 0.00187. The van der Waals surface area contributed by atoms with Crippen molar-refractivity contribution in [3.63, 3.8) is 0 Å². The molecule has 0 saturated heterocycles. The van der Waals surface area contributed by atoms with Gasteiger partial charge in [0.05, 0.1) is 21.7 Å². The van der Waals surface area contributed by atoms with E-state index in [4.69, 9.17) is 22.4 Å². The first-order valence-electron chi connectivity index (χ1n) is 5.53. The van der Waals surface area contributed by atoms with E-state index in [1.54, 1.807) is 0 Å². The van der Waals surface area contributed by atoms with Crippen LogP contribution in [0.25, 0.3) is 0 Å². The number of rotatable bonds is 6. The number of aliphatic carboxylic acids is 1. The zero-order valence-electron chi connectivity index (χ0n) is 10.2. The molecular weight excluding hydrogens is 290 g/mol. The van der Waals surface area contributed by atoms with Gasteiger partial charge in [-0.3, -0.25) is 19.7 Å². The van der Waals surface area contributed by atoms with Crippen LogP contribution in [0.1, 0.15) is 12.8 Å². The Bertz CT molecular complexity index is 549. The number of non-ortho nitro benzene ring substituents is 1. The molecule has 4 N–H and O–H groups in total. The molecule has 0 heterocycles. The number of nitrogens with zero attached hydrogens (tertiary/aromatic N) is 1. The fourth-order valence-corrected chi connectivity index (χ4v) is 1.58. The van der Waals surface area contributed by atoms with Crippen LogP contribution in [0.15, 0.2) is 18.2 Å². The van der Waals surface area contributed by atoms with Crippen LogP contribution in [-0.4, -0.2) is 27.9 Å². The molecule has 1 aromatic carbocycles. The van der Waals surface area contributed by atoms with Crippen LogP contribution < -0.4 is 11.1 Å². The van der Waals surface area contributed by atoms with Gasteiger partial charge in [-0.15, -0.1) is 0 Å². The molecule has 0 aliphatic carbocycles. The number of carboxylic acids is 1. The third-order valence-electron chi connectivity index (χ3n) is 2.43. The molecule has 0 aliphatic rings. The summed E-state index contributed by atoms with van der Waals surface area (Å²) in [7, 11) is 0. The van der Waals surface area contributed by atoms with Crippen LogP contribution in [0.2, 0.25) is 5.02 Å². The summed E-state index contributed by atoms with van der Waals surface area (Å²) in [6.07, 6.45) is -0.256. The summed E-state index contributed by atoms with van der Waals surface area (Å²) < 4.78 is 0. The number of nitro benzene ring substituents is 1. The van der Waals surface area contributed by atoms with Gasteiger partial charge >= 0.3 is 5.97 Å². The highest BCUT2D eigenvalue weighted by atomic mass is 35.5. The molecule has 9 heteroatoms. The fraction of sp³-hybridized carbons (Fsp3) is 0.273. The Labute approximate surface area is 118 Å². The summed E-state index contributed by atoms with van der Waals surface area (Å²) in [5, 5.41) is 21.4. The zero-order valence-corrected chi connectivity index (χ0v) is 11.0. The maximum Gasteiger partial charge on any atom is 0.303 e. The number of anilines is 1. The standard InChI is InChI=1S/C11H12ClN3O5/c12-7-5-6(15(19)20)1-3-9(7)14-11(18)8(13)2-4-10(16)17/h1,3,5,8H,2,4,13H2,(H,14,18)(H,16,17). The number of hydrogen-bond acceptors (Lipinski definition) is 5. The van der Waals surface area contributed by atoms with E-state index < -0.39 is 22.8 Å². The number of benzene rings is 1. The molecule has 20 heavy (non-hydrogen) atoms. The normalized spacial score (nSPS) is 11.7. The molecule has 8 nitrogen and oxygen atoms in total. The van der Waals surface area contributed by atoms with Crippen LogP contribution in [0.5, 0.6) is 0 Å². The zero-order chi connectivity index (χ0) is 15.3. The van der Waals surface area contributed by atoms with Crippen molar-refractivity contribution in [2.45, 2.75) is 18.9 Å². The number of nitro groups is 1. The Morgan fingerprint density at radius 3 is 2.65 bits per heavy atom. The van der Waals surface area contributed by atoms with Crippen LogP contribution >= 0.6 is 11.6 Å². The van der Waals surface area contributed by atoms with Crippen molar-refractivity contribution >= 4 is 34.9 Å². The quantitative estimate of drug-likeness (QED) is 0.536. The van der Waals surface area contributed by atoms with E-state index in [9.17, 15) is 19.7 Å². The van der Waals surface area contributed by atoms with E-state index >= 15 is 0 Å². The molecule has 0 spiro atoms. The number of carbonyl (C=O) groups excluding carboxylic acids is 1. The van der Waals surface area contributed by atoms with Gasteiger partial charge in [-0.25, -0.2) is 0 Å². The summed E-state index contributed by atoms with van der Waals surface area (Å²) in [6.45, 7) is 0. The number of carbonyl (C=O) groups is 2. The Balaban J connectivity index is 2.70. The first kappa shape index (κ1) is 15.9. The smallest absolute Gasteiger partial charge is 0.303 e. The highest BCUT2D eigenvalue weighted by Gasteiger charge is 2.17. The van der Waals surface area contributed by atoms with Gasteiger partial charge in [0.15, 0.2) is 0 Å². The summed E-state index contributed by atoms with van der Waals surface area (Å²) in [5.74, 6) is -1.66. The summed E-state index contributed by atoms with van der Waals surface area (Å²) >= 11 is 5.80. The van der Waals surface area contributed by atoms with E-state index in [1.165, 1.54) is 12.1 Å². The van der Waals surface area contributed by atoms with Crippen molar-refractivity contribution in [1.82, 2.24) is 0 Å². The minimum atomic E-state index is -1.05. The first-order chi connectivity index (χ1) is 9.31. The molecule has 0 aliphatic heterocycles. The van der Waals surface area contributed by atoms with Gasteiger partial charge in [-0.05, 0) is 12.5 Å². The van der Waals surface area contributed by atoms with Gasteiger partial charge < -0.3 is 16.2 Å². The molecule has 0 radical (unpaired) electrons. The Hall–Kier alpha value is -2.19. The Kier molecular flexibility index (Phi) is 5.42. The lowest BCUT2D eigenvalue weighted by molar-refractivity contribution is -0.384. The van der Waals surface area contributed by atoms with Gasteiger partial charge in [0, 0.05) is 18.6 Å². The molecular formula is C11H12ClN3O5. The lowest BCUT2D eigenvalue weighted by Crippen LogP contribution is -2.36. The predicted molar refractivity (Wildman–Crippen MR) is 71.6 cm³/mol. The van der Waals surface area contributed by atoms with Gasteiger partial charge in [0.1, 0.15) is 0 Å². The maximum absolute atomic E-state index is 11.7. The van der Waals surface area contributed by atoms with Gasteiger partial charge in [-0.1, -0.05) is 11.6 Å². The second-order valence-corrected chi connectivity index (χ2v) is 4.36. The average molecular weight is 302 g/mol. The van der Waals surface area contributed by atoms with Crippen molar-refractivity contribution < 1.29 is 19.6 Å². The molecule has 0 fully saturated rings. The van der Waals surface area contributed by atoms with E-state index in [-0.39, 0.29) is 29.2 Å². The number of amides is 1. The number of nitrogens with two attached hydrogens (primary N) is 1. The van der Waals surface area contributed by atoms with E-state index in [1.807, 2.05) is 0 Å². The molecule has 0 bridgehead atoms. The van der Waals surface area contributed by atoms with Gasteiger partial charge in [0.25, 0.3) is 5.69 Å². The maximum atomic E-state index is 11.7. The SMILES string of the molecule is NC(CCC(=O)O)C(=O)Nc1ccc([N+](=O)[O-])cc1Cl. The second kappa shape index (κ2) is 6.83. The highest BCUT2D eigenvalue weighted by molar-refractivity contribution is 6.34. The van der Waals surface area contributed by atoms with Crippen LogP contribution in [0.4, 0.5) is 11.4 Å². The van der Waals surface area contributed by atoms with E-state index in [0.29, 0.717) is 0 Å². The van der Waals surface area contributed by atoms with Crippen molar-refractivity contribution in [2.75, 3.05) is 5.32 Å². The molecule has 0 saturated carbocycles. The minimum Gasteiger partial charge on any atom is -0.481 e. The Morgan fingerprint density at radius 2 is 2.15 bits per heavy atom. The van der Waals surface area contributed by atoms with Crippen molar-refractivity contribution in [2.24, 2.45) is 5.73 Å². The van der Waals surface area contributed by atoms with E-state index in [2.05, 4.69) is 5.32 Å². The molecule has 1 unspecified atom stereocenters. The third kappa shape index (κ3) is 4.48. The van der Waals surface area contributed by atoms with Crippen molar-refractivity contribution in [1.29, 1.82) is 0 Å². The van der Waals surface area contributed by atoms with Gasteiger partial charge in [0.2, 0.25) is 5.91 Å². The lowest BCUT2D eigenvalue weighted by Gasteiger charge is -2.12. The molecule has 1 aromatic rings. The largest absolute Gasteiger partial charge is 0.481 e. The van der Waals surface area contributed by atoms with Gasteiger partial charge in [-0.2, -0.15) is 0 Å². The molecule has 1 atom stereocenters. The Morgan fingerprint density at radius 1 is 1.50 bits per heavy atom. The fourth-order valence-electron chi connectivity index (χ4n) is 1.35. The molecule has 108 valence electrons. The summed E-state index contributed by atoms with van der Waals surface area (Å²) in [5.41, 5.74) is 5.48. The predicted octanol–water partition coefficient (Wildman–Crippen LogP) is 1.38. The van der Waals surface area contributed by atoms with Crippen LogP contribution in [0.3, 0.4) is 0 Å². The lowest BCUT2D eigenvalue weighted by atomic mass is 10.1. The summed E-state index contributed by atoms with van der Waals surface area (Å²) in [4.78, 5) is 32.0. The van der Waals surface area contributed by atoms with Crippen molar-refractivity contribution in [3.8, 4) is 0 Å². The number of nitrogens with one attached hydrogen (secondary N) is 1. The highest BCUT2D eigenvalue weighted by Crippen LogP contribution is 2.26. The van der Waals surface area contributed by atoms with Crippen LogP contribution in [-0.2, 0) is 9.59 Å². The monoisotopic (exact) mass is 301 g/mol. The molecule has 1 rings (SSSR count). The first-order valence-corrected chi connectivity index (χ1v) is 5.91. The van der Waals surface area contributed by atoms with Crippen LogP contribution in [0, 0.1) is 10.1 Å². The van der Waals surface area contributed by atoms with E-state index in [0.717, 1.165) is 6.07 Å². The third-order valence-corrected chi connectivity index (χ3v) is 2.74. The second-order valence-electron chi connectivity index (χ2n) is 3.95. The number of carboxylic acid groups (broad SMARTS) is 1. The van der Waals surface area contributed by atoms with Crippen molar-refractivity contribution in [3.05, 3.63) is 33.3 Å². The molecule has 1 amide bonds. The summed E-state index contributed by atoms with van der Waals surface area (Å²) in [6, 6.07) is 2.56. The molecule has 0 aromatic heterocycles.